The number of nitrogens with two attached hydrogens (primary N) is 1. The first kappa shape index (κ1) is 9.21. The molecule has 2 aromatic rings. The lowest BCUT2D eigenvalue weighted by Crippen LogP contribution is -1.86. The Morgan fingerprint density at radius 3 is 2.50 bits per heavy atom. The highest BCUT2D eigenvalue weighted by atomic mass is 79.9. The number of aromatic nitrogens is 1. The van der Waals surface area contributed by atoms with Crippen molar-refractivity contribution >= 4 is 21.6 Å². The van der Waals surface area contributed by atoms with Gasteiger partial charge < -0.3 is 5.73 Å². The van der Waals surface area contributed by atoms with Crippen LogP contribution in [0.4, 0.5) is 5.69 Å². The minimum atomic E-state index is 0.764. The molecule has 2 nitrogen and oxygen atoms in total. The van der Waals surface area contributed by atoms with E-state index in [4.69, 9.17) is 5.73 Å². The standard InChI is InChI=1S/C11H9BrN2/c12-11-2-1-9(13)7-10(11)8-3-5-14-6-4-8/h1-7H,13H2. The van der Waals surface area contributed by atoms with Crippen LogP contribution in [0.15, 0.2) is 47.2 Å². The van der Waals surface area contributed by atoms with E-state index in [1.165, 1.54) is 0 Å². The SMILES string of the molecule is Nc1ccc(Br)c(-c2ccncc2)c1. The van der Waals surface area contributed by atoms with Gasteiger partial charge in [0.15, 0.2) is 0 Å². The molecule has 0 fully saturated rings. The van der Waals surface area contributed by atoms with Crippen LogP contribution in [0.5, 0.6) is 0 Å². The smallest absolute Gasteiger partial charge is 0.0321 e. The van der Waals surface area contributed by atoms with Gasteiger partial charge in [-0.1, -0.05) is 15.9 Å². The highest BCUT2D eigenvalue weighted by Gasteiger charge is 2.02. The lowest BCUT2D eigenvalue weighted by Gasteiger charge is -2.05. The maximum atomic E-state index is 5.73. The number of benzene rings is 1. The first-order chi connectivity index (χ1) is 6.77. The molecule has 1 aromatic heterocycles. The molecule has 3 heteroatoms. The van der Waals surface area contributed by atoms with Crippen LogP contribution in [0.2, 0.25) is 0 Å². The van der Waals surface area contributed by atoms with E-state index in [1.807, 2.05) is 30.3 Å². The second kappa shape index (κ2) is 3.80. The second-order valence-electron chi connectivity index (χ2n) is 2.98. The Balaban J connectivity index is 2.57. The van der Waals surface area contributed by atoms with Crippen molar-refractivity contribution in [3.63, 3.8) is 0 Å². The third kappa shape index (κ3) is 1.77. The monoisotopic (exact) mass is 248 g/mol. The lowest BCUT2D eigenvalue weighted by atomic mass is 10.1. The van der Waals surface area contributed by atoms with E-state index in [0.29, 0.717) is 0 Å². The Kier molecular flexibility index (Phi) is 2.50. The Hall–Kier alpha value is -1.35. The molecule has 0 aliphatic carbocycles. The van der Waals surface area contributed by atoms with Crippen LogP contribution in [0, 0.1) is 0 Å². The summed E-state index contributed by atoms with van der Waals surface area (Å²) < 4.78 is 1.04. The highest BCUT2D eigenvalue weighted by Crippen LogP contribution is 2.29. The molecular formula is C11H9BrN2. The van der Waals surface area contributed by atoms with Gasteiger partial charge in [-0.3, -0.25) is 4.98 Å². The molecule has 0 saturated heterocycles. The zero-order valence-electron chi connectivity index (χ0n) is 7.44. The van der Waals surface area contributed by atoms with Crippen molar-refractivity contribution < 1.29 is 0 Å². The predicted molar refractivity (Wildman–Crippen MR) is 61.8 cm³/mol. The molecule has 70 valence electrons. The zero-order valence-corrected chi connectivity index (χ0v) is 9.03. The van der Waals surface area contributed by atoms with E-state index in [2.05, 4.69) is 20.9 Å². The summed E-state index contributed by atoms with van der Waals surface area (Å²) in [5, 5.41) is 0. The molecule has 0 aliphatic rings. The molecule has 2 rings (SSSR count). The molecule has 2 N–H and O–H groups in total. The van der Waals surface area contributed by atoms with E-state index in [0.717, 1.165) is 21.3 Å². The number of nitrogens with zero attached hydrogens (tertiary/aromatic N) is 1. The van der Waals surface area contributed by atoms with Crippen LogP contribution in [0.3, 0.4) is 0 Å². The number of rotatable bonds is 1. The van der Waals surface area contributed by atoms with Crippen molar-refractivity contribution in [1.82, 2.24) is 4.98 Å². The van der Waals surface area contributed by atoms with Gasteiger partial charge in [0.1, 0.15) is 0 Å². The minimum Gasteiger partial charge on any atom is -0.399 e. The molecule has 14 heavy (non-hydrogen) atoms. The predicted octanol–water partition coefficient (Wildman–Crippen LogP) is 3.09. The zero-order chi connectivity index (χ0) is 9.97. The van der Waals surface area contributed by atoms with Gasteiger partial charge in [0.05, 0.1) is 0 Å². The van der Waals surface area contributed by atoms with Crippen LogP contribution in [0.25, 0.3) is 11.1 Å². The second-order valence-corrected chi connectivity index (χ2v) is 3.83. The van der Waals surface area contributed by atoms with Gasteiger partial charge in [-0.25, -0.2) is 0 Å². The van der Waals surface area contributed by atoms with Crippen molar-refractivity contribution in [3.05, 3.63) is 47.2 Å². The Bertz CT molecular complexity index is 440. The molecule has 0 aliphatic heterocycles. The summed E-state index contributed by atoms with van der Waals surface area (Å²) >= 11 is 3.49. The number of hydrogen-bond acceptors (Lipinski definition) is 2. The molecule has 0 spiro atoms. The van der Waals surface area contributed by atoms with Crippen LogP contribution in [-0.2, 0) is 0 Å². The molecule has 0 saturated carbocycles. The third-order valence-electron chi connectivity index (χ3n) is 1.98. The van der Waals surface area contributed by atoms with Crippen molar-refractivity contribution in [3.8, 4) is 11.1 Å². The summed E-state index contributed by atoms with van der Waals surface area (Å²) in [5.41, 5.74) is 8.69. The summed E-state index contributed by atoms with van der Waals surface area (Å²) in [5.74, 6) is 0. The third-order valence-corrected chi connectivity index (χ3v) is 2.67. The van der Waals surface area contributed by atoms with Gasteiger partial charge in [0.25, 0.3) is 0 Å². The summed E-state index contributed by atoms with van der Waals surface area (Å²) in [6, 6.07) is 9.68. The summed E-state index contributed by atoms with van der Waals surface area (Å²) in [4.78, 5) is 3.98. The van der Waals surface area contributed by atoms with E-state index in [-0.39, 0.29) is 0 Å². The first-order valence-corrected chi connectivity index (χ1v) is 5.02. The van der Waals surface area contributed by atoms with Gasteiger partial charge >= 0.3 is 0 Å². The number of nitrogen functional groups attached to an aromatic ring is 1. The fraction of sp³-hybridized carbons (Fsp3) is 0. The highest BCUT2D eigenvalue weighted by molar-refractivity contribution is 9.10. The number of anilines is 1. The maximum absolute atomic E-state index is 5.73. The molecule has 0 unspecified atom stereocenters. The molecule has 0 atom stereocenters. The van der Waals surface area contributed by atoms with Crippen molar-refractivity contribution in [2.45, 2.75) is 0 Å². The average Bonchev–Trinajstić information content (AvgIpc) is 2.23. The van der Waals surface area contributed by atoms with Crippen molar-refractivity contribution in [2.24, 2.45) is 0 Å². The summed E-state index contributed by atoms with van der Waals surface area (Å²) in [6.07, 6.45) is 3.54. The van der Waals surface area contributed by atoms with E-state index in [1.54, 1.807) is 12.4 Å². The van der Waals surface area contributed by atoms with E-state index in [9.17, 15) is 0 Å². The molecule has 0 radical (unpaired) electrons. The molecule has 0 bridgehead atoms. The summed E-state index contributed by atoms with van der Waals surface area (Å²) in [7, 11) is 0. The normalized spacial score (nSPS) is 10.1. The molecular weight excluding hydrogens is 240 g/mol. The largest absolute Gasteiger partial charge is 0.399 e. The van der Waals surface area contributed by atoms with Crippen LogP contribution < -0.4 is 5.73 Å². The Morgan fingerprint density at radius 1 is 1.07 bits per heavy atom. The van der Waals surface area contributed by atoms with Gasteiger partial charge in [-0.15, -0.1) is 0 Å². The van der Waals surface area contributed by atoms with E-state index < -0.39 is 0 Å². The van der Waals surface area contributed by atoms with Crippen LogP contribution in [-0.4, -0.2) is 4.98 Å². The maximum Gasteiger partial charge on any atom is 0.0321 e. The number of hydrogen-bond donors (Lipinski definition) is 1. The molecule has 0 amide bonds. The topological polar surface area (TPSA) is 38.9 Å². The van der Waals surface area contributed by atoms with Crippen LogP contribution in [0.1, 0.15) is 0 Å². The van der Waals surface area contributed by atoms with Gasteiger partial charge in [0, 0.05) is 22.6 Å². The average molecular weight is 249 g/mol. The first-order valence-electron chi connectivity index (χ1n) is 4.23. The quantitative estimate of drug-likeness (QED) is 0.788. The fourth-order valence-electron chi connectivity index (χ4n) is 1.30. The summed E-state index contributed by atoms with van der Waals surface area (Å²) in [6.45, 7) is 0. The number of pyridine rings is 1. The lowest BCUT2D eigenvalue weighted by molar-refractivity contribution is 1.33. The van der Waals surface area contributed by atoms with Gasteiger partial charge in [0.2, 0.25) is 0 Å². The van der Waals surface area contributed by atoms with Crippen molar-refractivity contribution in [1.29, 1.82) is 0 Å². The van der Waals surface area contributed by atoms with Crippen LogP contribution >= 0.6 is 15.9 Å². The fourth-order valence-corrected chi connectivity index (χ4v) is 1.77. The minimum absolute atomic E-state index is 0.764. The van der Waals surface area contributed by atoms with Gasteiger partial charge in [-0.2, -0.15) is 0 Å². The van der Waals surface area contributed by atoms with Crippen molar-refractivity contribution in [2.75, 3.05) is 5.73 Å². The number of halogens is 1. The van der Waals surface area contributed by atoms with Gasteiger partial charge in [-0.05, 0) is 41.5 Å². The molecule has 1 aromatic carbocycles. The Morgan fingerprint density at radius 2 is 1.79 bits per heavy atom. The Labute approximate surface area is 90.9 Å². The molecule has 1 heterocycles. The van der Waals surface area contributed by atoms with E-state index >= 15 is 0 Å².